The van der Waals surface area contributed by atoms with Crippen LogP contribution < -0.4 is 0 Å². The number of hydrogen-bond acceptors (Lipinski definition) is 7. The van der Waals surface area contributed by atoms with E-state index in [1.54, 1.807) is 0 Å². The van der Waals surface area contributed by atoms with Crippen molar-refractivity contribution in [2.45, 2.75) is 104 Å². The molecule has 1 spiro atoms. The number of hydrogen-bond donors (Lipinski definition) is 1. The van der Waals surface area contributed by atoms with Crippen molar-refractivity contribution in [3.8, 4) is 0 Å². The van der Waals surface area contributed by atoms with E-state index < -0.39 is 54.4 Å². The Morgan fingerprint density at radius 2 is 1.76 bits per heavy atom. The molecule has 0 aromatic heterocycles. The van der Waals surface area contributed by atoms with Crippen LogP contribution in [0.2, 0.25) is 19.6 Å². The second kappa shape index (κ2) is 6.96. The third-order valence-electron chi connectivity index (χ3n) is 10.1. The van der Waals surface area contributed by atoms with Gasteiger partial charge < -0.3 is 23.7 Å². The van der Waals surface area contributed by atoms with Crippen molar-refractivity contribution in [3.05, 3.63) is 11.1 Å². The lowest BCUT2D eigenvalue weighted by atomic mass is 9.42. The van der Waals surface area contributed by atoms with Gasteiger partial charge in [-0.1, -0.05) is 34.6 Å². The first-order valence-corrected chi connectivity index (χ1v) is 16.1. The SMILES string of the molecule is CC1=C2[C@@H](C)C(=O)[C@@]3(C)[C@H]([C@@H]4OC(=O)O[C@@]4(C[C@@H]1O[Si](C)(C)C)C2(C)C)[C@]1(O)CO[C@@H]1C[C@@H]3C. The Kier molecular flexibility index (Phi) is 5.01. The number of Topliss-reactive ketones (excluding diaryl/α,β-unsaturated/α-hetero) is 1. The minimum atomic E-state index is -1.97. The van der Waals surface area contributed by atoms with E-state index >= 15 is 0 Å². The second-order valence-electron chi connectivity index (χ2n) is 13.2. The molecule has 0 aromatic rings. The molecule has 2 saturated heterocycles. The highest BCUT2D eigenvalue weighted by Gasteiger charge is 2.78. The van der Waals surface area contributed by atoms with Crippen LogP contribution >= 0.6 is 0 Å². The summed E-state index contributed by atoms with van der Waals surface area (Å²) in [6.45, 7) is 18.7. The fourth-order valence-corrected chi connectivity index (χ4v) is 9.44. The first kappa shape index (κ1) is 24.5. The van der Waals surface area contributed by atoms with E-state index in [1.807, 2.05) is 13.8 Å². The highest BCUT2D eigenvalue weighted by Crippen LogP contribution is 2.67. The van der Waals surface area contributed by atoms with Gasteiger partial charge in [-0.3, -0.25) is 4.79 Å². The van der Waals surface area contributed by atoms with Gasteiger partial charge in [-0.05, 0) is 50.0 Å². The lowest BCUT2D eigenvalue weighted by Gasteiger charge is -2.66. The molecule has 5 aliphatic rings. The molecule has 0 radical (unpaired) electrons. The lowest BCUT2D eigenvalue weighted by molar-refractivity contribution is -0.327. The second-order valence-corrected chi connectivity index (χ2v) is 17.7. The zero-order valence-electron chi connectivity index (χ0n) is 22.0. The predicted octanol–water partition coefficient (Wildman–Crippen LogP) is 4.24. The number of rotatable bonds is 2. The molecule has 2 heterocycles. The molecule has 0 unspecified atom stereocenters. The van der Waals surface area contributed by atoms with Crippen LogP contribution in [0, 0.1) is 28.6 Å². The molecule has 2 bridgehead atoms. The van der Waals surface area contributed by atoms with Crippen molar-refractivity contribution >= 4 is 20.3 Å². The standard InChI is InChI=1S/C26H40O7Si/c1-13-10-17-25(29,12-30-17)19-21-26(32-22(28)31-21)11-16(33-34(7,8)9)14(2)18(23(26,4)5)15(3)20(27)24(13,19)6/h13,15-17,19,21,29H,10-12H2,1-9H3/t13-,15+,16-,17+,19-,21-,24+,25-,26+/m0/s1. The Morgan fingerprint density at radius 3 is 2.32 bits per heavy atom. The van der Waals surface area contributed by atoms with Gasteiger partial charge in [-0.2, -0.15) is 0 Å². The normalized spacial score (nSPS) is 49.6. The van der Waals surface area contributed by atoms with Gasteiger partial charge in [0.25, 0.3) is 0 Å². The van der Waals surface area contributed by atoms with Gasteiger partial charge in [-0.15, -0.1) is 0 Å². The summed E-state index contributed by atoms with van der Waals surface area (Å²) in [6, 6.07) is 0. The maximum absolute atomic E-state index is 14.5. The largest absolute Gasteiger partial charge is 0.509 e. The monoisotopic (exact) mass is 492 g/mol. The number of ketones is 1. The summed E-state index contributed by atoms with van der Waals surface area (Å²) >= 11 is 0. The molecular weight excluding hydrogens is 452 g/mol. The van der Waals surface area contributed by atoms with E-state index in [9.17, 15) is 14.7 Å². The molecule has 190 valence electrons. The zero-order chi connectivity index (χ0) is 25.2. The molecule has 9 atom stereocenters. The molecule has 0 amide bonds. The van der Waals surface area contributed by atoms with Gasteiger partial charge >= 0.3 is 6.16 Å². The van der Waals surface area contributed by atoms with Crippen LogP contribution in [0.1, 0.15) is 54.4 Å². The summed E-state index contributed by atoms with van der Waals surface area (Å²) in [5.74, 6) is -0.991. The molecule has 0 aromatic carbocycles. The minimum Gasteiger partial charge on any atom is -0.426 e. The molecule has 8 heteroatoms. The summed E-state index contributed by atoms with van der Waals surface area (Å²) in [4.78, 5) is 27.4. The van der Waals surface area contributed by atoms with Crippen molar-refractivity contribution in [1.29, 1.82) is 0 Å². The Bertz CT molecular complexity index is 982. The van der Waals surface area contributed by atoms with Crippen molar-refractivity contribution < 1.29 is 33.3 Å². The number of carbonyl (C=O) groups is 2. The van der Waals surface area contributed by atoms with Crippen molar-refractivity contribution in [2.24, 2.45) is 28.6 Å². The van der Waals surface area contributed by atoms with Crippen LogP contribution in [0.4, 0.5) is 4.79 Å². The topological polar surface area (TPSA) is 91.3 Å². The Labute approximate surface area is 203 Å². The third kappa shape index (κ3) is 2.80. The van der Waals surface area contributed by atoms with Gasteiger partial charge in [0.15, 0.2) is 20.0 Å². The molecule has 5 rings (SSSR count). The lowest BCUT2D eigenvalue weighted by Crippen LogP contribution is -2.78. The van der Waals surface area contributed by atoms with E-state index in [0.717, 1.165) is 11.1 Å². The van der Waals surface area contributed by atoms with Gasteiger partial charge in [0, 0.05) is 29.1 Å². The number of fused-ring (bicyclic) bond motifs is 5. The zero-order valence-corrected chi connectivity index (χ0v) is 23.0. The van der Waals surface area contributed by atoms with Crippen LogP contribution in [-0.4, -0.2) is 61.5 Å². The molecule has 3 aliphatic carbocycles. The molecule has 34 heavy (non-hydrogen) atoms. The Hall–Kier alpha value is -1.22. The average molecular weight is 493 g/mol. The van der Waals surface area contributed by atoms with Crippen molar-refractivity contribution in [2.75, 3.05) is 6.61 Å². The van der Waals surface area contributed by atoms with Gasteiger partial charge in [0.2, 0.25) is 0 Å². The summed E-state index contributed by atoms with van der Waals surface area (Å²) in [5.41, 5.74) is -1.83. The maximum atomic E-state index is 14.5. The fourth-order valence-electron chi connectivity index (χ4n) is 8.32. The Balaban J connectivity index is 1.80. The van der Waals surface area contributed by atoms with Crippen molar-refractivity contribution in [1.82, 2.24) is 0 Å². The number of carbonyl (C=O) groups excluding carboxylic acids is 2. The molecule has 7 nitrogen and oxygen atoms in total. The third-order valence-corrected chi connectivity index (χ3v) is 11.1. The number of ether oxygens (including phenoxy) is 3. The quantitative estimate of drug-likeness (QED) is 0.350. The van der Waals surface area contributed by atoms with E-state index in [-0.39, 0.29) is 30.5 Å². The predicted molar refractivity (Wildman–Crippen MR) is 128 cm³/mol. The average Bonchev–Trinajstić information content (AvgIpc) is 3.02. The molecular formula is C26H40O7Si. The summed E-state index contributed by atoms with van der Waals surface area (Å²) in [7, 11) is -1.97. The van der Waals surface area contributed by atoms with E-state index in [1.165, 1.54) is 0 Å². The first-order valence-electron chi connectivity index (χ1n) is 12.7. The van der Waals surface area contributed by atoms with Crippen LogP contribution in [-0.2, 0) is 23.4 Å². The van der Waals surface area contributed by atoms with Crippen LogP contribution in [0.5, 0.6) is 0 Å². The Morgan fingerprint density at radius 1 is 1.12 bits per heavy atom. The first-order chi connectivity index (χ1) is 15.5. The summed E-state index contributed by atoms with van der Waals surface area (Å²) in [5, 5.41) is 12.0. The van der Waals surface area contributed by atoms with Crippen molar-refractivity contribution in [3.63, 3.8) is 0 Å². The summed E-state index contributed by atoms with van der Waals surface area (Å²) in [6.07, 6.45) is -1.14. The number of aliphatic hydroxyl groups is 1. The summed E-state index contributed by atoms with van der Waals surface area (Å²) < 4.78 is 24.7. The molecule has 4 fully saturated rings. The molecule has 2 saturated carbocycles. The van der Waals surface area contributed by atoms with Crippen LogP contribution in [0.15, 0.2) is 11.1 Å². The highest BCUT2D eigenvalue weighted by atomic mass is 28.4. The van der Waals surface area contributed by atoms with E-state index in [4.69, 9.17) is 18.6 Å². The van der Waals surface area contributed by atoms with Gasteiger partial charge in [0.05, 0.1) is 18.8 Å². The van der Waals surface area contributed by atoms with E-state index in [2.05, 4.69) is 47.3 Å². The smallest absolute Gasteiger partial charge is 0.426 e. The highest BCUT2D eigenvalue weighted by molar-refractivity contribution is 6.69. The van der Waals surface area contributed by atoms with Gasteiger partial charge in [0.1, 0.15) is 11.4 Å². The van der Waals surface area contributed by atoms with E-state index in [0.29, 0.717) is 12.8 Å². The van der Waals surface area contributed by atoms with Crippen LogP contribution in [0.25, 0.3) is 0 Å². The fraction of sp³-hybridized carbons (Fsp3) is 0.846. The molecule has 2 aliphatic heterocycles. The maximum Gasteiger partial charge on any atom is 0.509 e. The molecule has 1 N–H and O–H groups in total. The van der Waals surface area contributed by atoms with Gasteiger partial charge in [-0.25, -0.2) is 4.79 Å². The minimum absolute atomic E-state index is 0.0498. The van der Waals surface area contributed by atoms with Crippen LogP contribution in [0.3, 0.4) is 0 Å².